The number of nitrogens with zero attached hydrogens (tertiary/aromatic N) is 4. The molecule has 0 N–H and O–H groups in total. The summed E-state index contributed by atoms with van der Waals surface area (Å²) in [5.41, 5.74) is 2.34. The number of carbonyl (C=O) groups is 2. The van der Waals surface area contributed by atoms with Gasteiger partial charge in [-0.15, -0.1) is 0 Å². The van der Waals surface area contributed by atoms with Gasteiger partial charge in [-0.2, -0.15) is 10.2 Å². The van der Waals surface area contributed by atoms with E-state index in [9.17, 15) is 9.59 Å². The van der Waals surface area contributed by atoms with Crippen molar-refractivity contribution in [2.24, 2.45) is 0 Å². The van der Waals surface area contributed by atoms with Crippen LogP contribution in [-0.2, 0) is 21.4 Å². The molecule has 1 aromatic carbocycles. The Labute approximate surface area is 156 Å². The van der Waals surface area contributed by atoms with Gasteiger partial charge in [-0.25, -0.2) is 0 Å². The van der Waals surface area contributed by atoms with Crippen molar-refractivity contribution in [3.63, 3.8) is 0 Å². The largest absolute Gasteiger partial charge is 0.342 e. The molecule has 0 bridgehead atoms. The van der Waals surface area contributed by atoms with Crippen LogP contribution in [0.5, 0.6) is 0 Å². The maximum absolute atomic E-state index is 13.0. The van der Waals surface area contributed by atoms with Gasteiger partial charge >= 0.3 is 0 Å². The molecule has 3 heterocycles. The van der Waals surface area contributed by atoms with Gasteiger partial charge in [-0.1, -0.05) is 11.6 Å². The molecule has 4 rings (SSSR count). The predicted octanol–water partition coefficient (Wildman–Crippen LogP) is 2.21. The standard InChI is InChI=1S/C19H19ClN4O2/c1-13(25)23-8-6-19(11-23)12-24(17-5-4-14(20)9-16(17)19)18(26)10-15-3-2-7-21-22-15/h2-5,7,9H,6,8,10-12H2,1H3. The van der Waals surface area contributed by atoms with E-state index in [1.807, 2.05) is 21.9 Å². The van der Waals surface area contributed by atoms with Crippen LogP contribution in [0.4, 0.5) is 5.69 Å². The SMILES string of the molecule is CC(=O)N1CCC2(C1)CN(C(=O)Cc1cccnn1)c1ccc(Cl)cc12. The first-order chi connectivity index (χ1) is 12.5. The topological polar surface area (TPSA) is 66.4 Å². The summed E-state index contributed by atoms with van der Waals surface area (Å²) in [7, 11) is 0. The Morgan fingerprint density at radius 1 is 1.27 bits per heavy atom. The Balaban J connectivity index is 1.66. The highest BCUT2D eigenvalue weighted by molar-refractivity contribution is 6.30. The van der Waals surface area contributed by atoms with E-state index in [0.717, 1.165) is 17.7 Å². The number of likely N-dealkylation sites (tertiary alicyclic amines) is 1. The van der Waals surface area contributed by atoms with Gasteiger partial charge in [0.1, 0.15) is 0 Å². The molecule has 1 unspecified atom stereocenters. The molecule has 1 saturated heterocycles. The third-order valence-corrected chi connectivity index (χ3v) is 5.58. The zero-order valence-corrected chi connectivity index (χ0v) is 15.2. The summed E-state index contributed by atoms with van der Waals surface area (Å²) in [6.45, 7) is 3.47. The summed E-state index contributed by atoms with van der Waals surface area (Å²) < 4.78 is 0. The Kier molecular flexibility index (Phi) is 4.15. The quantitative estimate of drug-likeness (QED) is 0.813. The molecule has 2 aliphatic heterocycles. The fraction of sp³-hybridized carbons (Fsp3) is 0.368. The third kappa shape index (κ3) is 2.84. The lowest BCUT2D eigenvalue weighted by Gasteiger charge is -2.25. The minimum Gasteiger partial charge on any atom is -0.342 e. The Morgan fingerprint density at radius 2 is 2.12 bits per heavy atom. The summed E-state index contributed by atoms with van der Waals surface area (Å²) in [5, 5.41) is 8.50. The Morgan fingerprint density at radius 3 is 2.81 bits per heavy atom. The second-order valence-electron chi connectivity index (χ2n) is 7.00. The summed E-state index contributed by atoms with van der Waals surface area (Å²) in [6, 6.07) is 9.22. The lowest BCUT2D eigenvalue weighted by atomic mass is 9.81. The molecule has 0 saturated carbocycles. The van der Waals surface area contributed by atoms with Crippen LogP contribution in [0.15, 0.2) is 36.5 Å². The number of halogens is 1. The van der Waals surface area contributed by atoms with Crippen molar-refractivity contribution >= 4 is 29.1 Å². The van der Waals surface area contributed by atoms with E-state index in [-0.39, 0.29) is 23.7 Å². The van der Waals surface area contributed by atoms with Gasteiger partial charge in [-0.3, -0.25) is 9.59 Å². The molecule has 2 aromatic rings. The van der Waals surface area contributed by atoms with Gasteiger partial charge < -0.3 is 9.80 Å². The van der Waals surface area contributed by atoms with Crippen LogP contribution in [0.1, 0.15) is 24.6 Å². The van der Waals surface area contributed by atoms with Crippen LogP contribution in [-0.4, -0.2) is 46.5 Å². The first kappa shape index (κ1) is 17.0. The van der Waals surface area contributed by atoms with Gasteiger partial charge in [0.2, 0.25) is 11.8 Å². The number of hydrogen-bond donors (Lipinski definition) is 0. The first-order valence-electron chi connectivity index (χ1n) is 8.61. The van der Waals surface area contributed by atoms with E-state index in [1.54, 1.807) is 31.3 Å². The van der Waals surface area contributed by atoms with E-state index < -0.39 is 0 Å². The molecule has 2 amide bonds. The first-order valence-corrected chi connectivity index (χ1v) is 8.99. The number of anilines is 1. The van der Waals surface area contributed by atoms with Crippen LogP contribution >= 0.6 is 11.6 Å². The van der Waals surface area contributed by atoms with Crippen LogP contribution < -0.4 is 4.90 Å². The molecular formula is C19H19ClN4O2. The number of carbonyl (C=O) groups excluding carboxylic acids is 2. The van der Waals surface area contributed by atoms with Crippen molar-refractivity contribution in [3.8, 4) is 0 Å². The van der Waals surface area contributed by atoms with Gasteiger partial charge in [0.25, 0.3) is 0 Å². The Bertz CT molecular complexity index is 873. The second-order valence-corrected chi connectivity index (χ2v) is 7.44. The highest BCUT2D eigenvalue weighted by Crippen LogP contribution is 2.47. The zero-order valence-electron chi connectivity index (χ0n) is 14.5. The van der Waals surface area contributed by atoms with Gasteiger partial charge in [-0.05, 0) is 42.3 Å². The highest BCUT2D eigenvalue weighted by Gasteiger charge is 2.49. The van der Waals surface area contributed by atoms with E-state index >= 15 is 0 Å². The monoisotopic (exact) mass is 370 g/mol. The number of fused-ring (bicyclic) bond motifs is 2. The highest BCUT2D eigenvalue weighted by atomic mass is 35.5. The maximum Gasteiger partial charge on any atom is 0.233 e. The minimum absolute atomic E-state index is 0.0211. The molecule has 2 aliphatic rings. The molecular weight excluding hydrogens is 352 g/mol. The third-order valence-electron chi connectivity index (χ3n) is 5.34. The normalized spacial score (nSPS) is 21.3. The maximum atomic E-state index is 13.0. The van der Waals surface area contributed by atoms with Crippen molar-refractivity contribution in [1.29, 1.82) is 0 Å². The number of aromatic nitrogens is 2. The van der Waals surface area contributed by atoms with Crippen molar-refractivity contribution in [2.75, 3.05) is 24.5 Å². The van der Waals surface area contributed by atoms with Crippen LogP contribution in [0.2, 0.25) is 5.02 Å². The van der Waals surface area contributed by atoms with Gasteiger partial charge in [0, 0.05) is 48.9 Å². The fourth-order valence-corrected chi connectivity index (χ4v) is 4.20. The molecule has 0 radical (unpaired) electrons. The fourth-order valence-electron chi connectivity index (χ4n) is 4.03. The number of rotatable bonds is 2. The molecule has 7 heteroatoms. The lowest BCUT2D eigenvalue weighted by Crippen LogP contribution is -2.40. The molecule has 1 atom stereocenters. The molecule has 1 spiro atoms. The van der Waals surface area contributed by atoms with Crippen molar-refractivity contribution < 1.29 is 9.59 Å². The average molecular weight is 371 g/mol. The molecule has 0 aliphatic carbocycles. The average Bonchev–Trinajstić information content (AvgIpc) is 3.19. The molecule has 26 heavy (non-hydrogen) atoms. The van der Waals surface area contributed by atoms with Gasteiger partial charge in [0.05, 0.1) is 12.1 Å². The van der Waals surface area contributed by atoms with E-state index in [2.05, 4.69) is 10.2 Å². The summed E-state index contributed by atoms with van der Waals surface area (Å²) in [6.07, 6.45) is 2.61. The molecule has 1 fully saturated rings. The van der Waals surface area contributed by atoms with Crippen LogP contribution in [0.3, 0.4) is 0 Å². The van der Waals surface area contributed by atoms with E-state index in [1.165, 1.54) is 0 Å². The smallest absolute Gasteiger partial charge is 0.233 e. The minimum atomic E-state index is -0.246. The predicted molar refractivity (Wildman–Crippen MR) is 98.1 cm³/mol. The second kappa shape index (κ2) is 6.36. The summed E-state index contributed by atoms with van der Waals surface area (Å²) >= 11 is 6.24. The van der Waals surface area contributed by atoms with E-state index in [0.29, 0.717) is 30.4 Å². The zero-order chi connectivity index (χ0) is 18.3. The summed E-state index contributed by atoms with van der Waals surface area (Å²) in [5.74, 6) is 0.0435. The number of benzene rings is 1. The molecule has 1 aromatic heterocycles. The number of hydrogen-bond acceptors (Lipinski definition) is 4. The molecule has 6 nitrogen and oxygen atoms in total. The number of amides is 2. The molecule has 134 valence electrons. The Hall–Kier alpha value is -2.47. The summed E-state index contributed by atoms with van der Waals surface area (Å²) in [4.78, 5) is 28.4. The van der Waals surface area contributed by atoms with Gasteiger partial charge in [0.15, 0.2) is 0 Å². The van der Waals surface area contributed by atoms with Crippen LogP contribution in [0.25, 0.3) is 0 Å². The van der Waals surface area contributed by atoms with Crippen LogP contribution in [0, 0.1) is 0 Å². The van der Waals surface area contributed by atoms with Crippen molar-refractivity contribution in [1.82, 2.24) is 15.1 Å². The van der Waals surface area contributed by atoms with E-state index in [4.69, 9.17) is 11.6 Å². The van der Waals surface area contributed by atoms with Crippen molar-refractivity contribution in [2.45, 2.75) is 25.2 Å². The lowest BCUT2D eigenvalue weighted by molar-refractivity contribution is -0.127. The van der Waals surface area contributed by atoms with Crippen molar-refractivity contribution in [3.05, 3.63) is 52.8 Å².